The maximum Gasteiger partial charge on any atom is 0.240 e. The number of rotatable bonds is 8. The maximum atomic E-state index is 12.4. The first-order valence-electron chi connectivity index (χ1n) is 9.10. The van der Waals surface area contributed by atoms with Crippen molar-refractivity contribution in [1.29, 1.82) is 0 Å². The number of anilines is 1. The van der Waals surface area contributed by atoms with E-state index in [-0.39, 0.29) is 17.3 Å². The monoisotopic (exact) mass is 428 g/mol. The van der Waals surface area contributed by atoms with Gasteiger partial charge in [0.25, 0.3) is 0 Å². The lowest BCUT2D eigenvalue weighted by Crippen LogP contribution is -2.23. The van der Waals surface area contributed by atoms with E-state index in [0.717, 1.165) is 11.1 Å². The Labute approximate surface area is 175 Å². The molecule has 0 aliphatic rings. The highest BCUT2D eigenvalue weighted by atomic mass is 35.5. The second-order valence-electron chi connectivity index (χ2n) is 6.51. The van der Waals surface area contributed by atoms with Crippen LogP contribution in [0.1, 0.15) is 17.5 Å². The van der Waals surface area contributed by atoms with Crippen LogP contribution < -0.4 is 10.0 Å². The van der Waals surface area contributed by atoms with Gasteiger partial charge in [-0.05, 0) is 53.9 Å². The van der Waals surface area contributed by atoms with Crippen LogP contribution in [0.4, 0.5) is 5.69 Å². The molecule has 3 aromatic rings. The van der Waals surface area contributed by atoms with Crippen LogP contribution in [0.15, 0.2) is 83.8 Å². The van der Waals surface area contributed by atoms with Gasteiger partial charge < -0.3 is 5.32 Å². The van der Waals surface area contributed by atoms with Crippen LogP contribution in [0.3, 0.4) is 0 Å². The molecule has 0 radical (unpaired) electrons. The van der Waals surface area contributed by atoms with Crippen molar-refractivity contribution in [3.05, 3.63) is 95.0 Å². The van der Waals surface area contributed by atoms with Gasteiger partial charge in [0.1, 0.15) is 0 Å². The Kier molecular flexibility index (Phi) is 7.04. The van der Waals surface area contributed by atoms with Gasteiger partial charge in [0.05, 0.1) is 4.90 Å². The molecule has 3 rings (SSSR count). The van der Waals surface area contributed by atoms with Crippen LogP contribution in [-0.4, -0.2) is 14.3 Å². The number of hydrogen-bond acceptors (Lipinski definition) is 3. The van der Waals surface area contributed by atoms with Crippen LogP contribution in [0.5, 0.6) is 0 Å². The third kappa shape index (κ3) is 6.42. The molecule has 0 saturated carbocycles. The predicted octanol–water partition coefficient (Wildman–Crippen LogP) is 4.39. The van der Waals surface area contributed by atoms with Crippen LogP contribution >= 0.6 is 11.6 Å². The van der Waals surface area contributed by atoms with E-state index in [1.54, 1.807) is 48.5 Å². The number of aryl methyl sites for hydroxylation is 1. The Morgan fingerprint density at radius 2 is 1.48 bits per heavy atom. The van der Waals surface area contributed by atoms with Gasteiger partial charge in [0.15, 0.2) is 0 Å². The van der Waals surface area contributed by atoms with E-state index in [2.05, 4.69) is 10.0 Å². The van der Waals surface area contributed by atoms with E-state index in [1.165, 1.54) is 0 Å². The first-order chi connectivity index (χ1) is 13.9. The number of nitrogens with one attached hydrogen (secondary N) is 2. The minimum atomic E-state index is -3.59. The van der Waals surface area contributed by atoms with Crippen LogP contribution in [0.25, 0.3) is 0 Å². The lowest BCUT2D eigenvalue weighted by atomic mass is 10.1. The van der Waals surface area contributed by atoms with Gasteiger partial charge in [-0.15, -0.1) is 0 Å². The summed E-state index contributed by atoms with van der Waals surface area (Å²) in [6.45, 7) is 0.232. The number of carbonyl (C=O) groups excluding carboxylic acids is 1. The van der Waals surface area contributed by atoms with Crippen LogP contribution in [-0.2, 0) is 27.8 Å². The fraction of sp³-hybridized carbons (Fsp3) is 0.136. The number of halogens is 1. The summed E-state index contributed by atoms with van der Waals surface area (Å²) < 4.78 is 27.4. The Morgan fingerprint density at radius 3 is 2.14 bits per heavy atom. The lowest BCUT2D eigenvalue weighted by Gasteiger charge is -2.08. The highest BCUT2D eigenvalue weighted by Crippen LogP contribution is 2.15. The normalized spacial score (nSPS) is 11.2. The quantitative estimate of drug-likeness (QED) is 0.558. The zero-order valence-electron chi connectivity index (χ0n) is 15.6. The summed E-state index contributed by atoms with van der Waals surface area (Å²) in [5, 5.41) is 3.41. The molecule has 0 aliphatic carbocycles. The number of amides is 1. The molecule has 0 aliphatic heterocycles. The molecule has 0 heterocycles. The summed E-state index contributed by atoms with van der Waals surface area (Å²) >= 11 is 5.83. The third-order valence-corrected chi connectivity index (χ3v) is 5.98. The van der Waals surface area contributed by atoms with Gasteiger partial charge in [-0.1, -0.05) is 54.1 Å². The van der Waals surface area contributed by atoms with Crippen molar-refractivity contribution in [3.63, 3.8) is 0 Å². The molecule has 0 spiro atoms. The number of carbonyl (C=O) groups is 1. The van der Waals surface area contributed by atoms with Crippen molar-refractivity contribution < 1.29 is 13.2 Å². The van der Waals surface area contributed by atoms with Crippen LogP contribution in [0.2, 0.25) is 5.02 Å². The molecule has 29 heavy (non-hydrogen) atoms. The highest BCUT2D eigenvalue weighted by molar-refractivity contribution is 7.89. The van der Waals surface area contributed by atoms with E-state index in [0.29, 0.717) is 23.6 Å². The summed E-state index contributed by atoms with van der Waals surface area (Å²) in [4.78, 5) is 12.3. The summed E-state index contributed by atoms with van der Waals surface area (Å²) in [5.74, 6) is -0.117. The van der Waals surface area contributed by atoms with Crippen molar-refractivity contribution in [2.45, 2.75) is 24.3 Å². The minimum absolute atomic E-state index is 0.117. The standard InChI is InChI=1S/C22H21ClN2O3S/c23-19-9-11-20(12-10-19)25-22(26)15-8-17-6-13-21(14-7-17)29(27,28)24-16-18-4-2-1-3-5-18/h1-7,9-14,24H,8,15-16H2,(H,25,26). The number of benzene rings is 3. The first-order valence-corrected chi connectivity index (χ1v) is 11.0. The molecular formula is C22H21ClN2O3S. The average Bonchev–Trinajstić information content (AvgIpc) is 2.74. The third-order valence-electron chi connectivity index (χ3n) is 4.31. The lowest BCUT2D eigenvalue weighted by molar-refractivity contribution is -0.116. The second-order valence-corrected chi connectivity index (χ2v) is 8.71. The zero-order chi connectivity index (χ0) is 20.7. The van der Waals surface area contributed by atoms with Crippen molar-refractivity contribution in [2.24, 2.45) is 0 Å². The second kappa shape index (κ2) is 9.69. The summed E-state index contributed by atoms with van der Waals surface area (Å²) in [6, 6.07) is 22.8. The fourth-order valence-corrected chi connectivity index (χ4v) is 3.85. The van der Waals surface area contributed by atoms with Crippen molar-refractivity contribution in [2.75, 3.05) is 5.32 Å². The Bertz CT molecular complexity index is 1050. The molecule has 0 aromatic heterocycles. The first kappa shape index (κ1) is 21.0. The average molecular weight is 429 g/mol. The molecule has 3 aromatic carbocycles. The SMILES string of the molecule is O=C(CCc1ccc(S(=O)(=O)NCc2ccccc2)cc1)Nc1ccc(Cl)cc1. The van der Waals surface area contributed by atoms with Crippen molar-refractivity contribution in [3.8, 4) is 0 Å². The van der Waals surface area contributed by atoms with E-state index in [9.17, 15) is 13.2 Å². The molecule has 0 unspecified atom stereocenters. The van der Waals surface area contributed by atoms with Crippen molar-refractivity contribution >= 4 is 33.2 Å². The van der Waals surface area contributed by atoms with E-state index >= 15 is 0 Å². The largest absolute Gasteiger partial charge is 0.326 e. The fourth-order valence-electron chi connectivity index (χ4n) is 2.71. The molecule has 5 nitrogen and oxygen atoms in total. The molecule has 150 valence electrons. The molecular weight excluding hydrogens is 408 g/mol. The van der Waals surface area contributed by atoms with Gasteiger partial charge in [-0.3, -0.25) is 4.79 Å². The number of sulfonamides is 1. The Hall–Kier alpha value is -2.67. The predicted molar refractivity (Wildman–Crippen MR) is 115 cm³/mol. The van der Waals surface area contributed by atoms with Gasteiger partial charge >= 0.3 is 0 Å². The molecule has 2 N–H and O–H groups in total. The molecule has 0 atom stereocenters. The summed E-state index contributed by atoms with van der Waals surface area (Å²) in [6.07, 6.45) is 0.804. The van der Waals surface area contributed by atoms with Crippen molar-refractivity contribution in [1.82, 2.24) is 4.72 Å². The van der Waals surface area contributed by atoms with E-state index < -0.39 is 10.0 Å². The maximum absolute atomic E-state index is 12.4. The zero-order valence-corrected chi connectivity index (χ0v) is 17.2. The molecule has 7 heteroatoms. The van der Waals surface area contributed by atoms with Gasteiger partial charge in [-0.25, -0.2) is 13.1 Å². The molecule has 0 bridgehead atoms. The van der Waals surface area contributed by atoms with E-state index in [4.69, 9.17) is 11.6 Å². The van der Waals surface area contributed by atoms with Gasteiger partial charge in [0, 0.05) is 23.7 Å². The summed E-state index contributed by atoms with van der Waals surface area (Å²) in [5.41, 5.74) is 2.46. The molecule has 0 saturated heterocycles. The topological polar surface area (TPSA) is 75.3 Å². The molecule has 1 amide bonds. The van der Waals surface area contributed by atoms with Crippen LogP contribution in [0, 0.1) is 0 Å². The Morgan fingerprint density at radius 1 is 0.828 bits per heavy atom. The number of hydrogen-bond donors (Lipinski definition) is 2. The minimum Gasteiger partial charge on any atom is -0.326 e. The molecule has 0 fully saturated rings. The summed E-state index contributed by atoms with van der Waals surface area (Å²) in [7, 11) is -3.59. The Balaban J connectivity index is 1.52. The van der Waals surface area contributed by atoms with Gasteiger partial charge in [0.2, 0.25) is 15.9 Å². The smallest absolute Gasteiger partial charge is 0.240 e. The van der Waals surface area contributed by atoms with Gasteiger partial charge in [-0.2, -0.15) is 0 Å². The van der Waals surface area contributed by atoms with E-state index in [1.807, 2.05) is 30.3 Å². The highest BCUT2D eigenvalue weighted by Gasteiger charge is 2.13.